The molecule has 31 heavy (non-hydrogen) atoms. The molecule has 0 bridgehead atoms. The molecule has 1 amide bonds. The second kappa shape index (κ2) is 8.67. The molecule has 1 N–H and O–H groups in total. The van der Waals surface area contributed by atoms with E-state index in [0.717, 1.165) is 50.3 Å². The van der Waals surface area contributed by atoms with Gasteiger partial charge in [-0.2, -0.15) is 5.10 Å². The lowest BCUT2D eigenvalue weighted by Crippen LogP contribution is -2.46. The molecule has 5 rings (SSSR count). The number of carbonyl (C=O) groups excluding carboxylic acids is 1. The van der Waals surface area contributed by atoms with Crippen molar-refractivity contribution in [2.24, 2.45) is 5.41 Å². The Kier molecular flexibility index (Phi) is 5.60. The summed E-state index contributed by atoms with van der Waals surface area (Å²) in [6, 6.07) is 20.7. The van der Waals surface area contributed by atoms with Gasteiger partial charge >= 0.3 is 0 Å². The molecule has 2 saturated heterocycles. The summed E-state index contributed by atoms with van der Waals surface area (Å²) in [7, 11) is 0. The summed E-state index contributed by atoms with van der Waals surface area (Å²) < 4.78 is 0. The van der Waals surface area contributed by atoms with Crippen LogP contribution in [0.2, 0.25) is 0 Å². The molecular weight excluding hydrogens is 384 g/mol. The molecule has 0 aliphatic carbocycles. The smallest absolute Gasteiger partial charge is 0.257 e. The number of carbonyl (C=O) groups is 1. The van der Waals surface area contributed by atoms with E-state index in [9.17, 15) is 4.79 Å². The van der Waals surface area contributed by atoms with E-state index in [4.69, 9.17) is 0 Å². The highest BCUT2D eigenvalue weighted by molar-refractivity contribution is 5.99. The van der Waals surface area contributed by atoms with Gasteiger partial charge in [0.15, 0.2) is 0 Å². The molecule has 2 aliphatic rings. The Bertz CT molecular complexity index is 1020. The van der Waals surface area contributed by atoms with Crippen molar-refractivity contribution in [1.82, 2.24) is 20.0 Å². The third-order valence-electron chi connectivity index (χ3n) is 6.96. The summed E-state index contributed by atoms with van der Waals surface area (Å²) in [6.07, 6.45) is 6.31. The molecule has 1 spiro atoms. The minimum absolute atomic E-state index is 0.103. The number of H-pyrrole nitrogens is 1. The summed E-state index contributed by atoms with van der Waals surface area (Å²) in [5, 5.41) is 7.21. The van der Waals surface area contributed by atoms with Gasteiger partial charge in [-0.3, -0.25) is 9.89 Å². The lowest BCUT2D eigenvalue weighted by molar-refractivity contribution is 0.0693. The van der Waals surface area contributed by atoms with Gasteiger partial charge in [0.2, 0.25) is 0 Å². The minimum atomic E-state index is 0.103. The van der Waals surface area contributed by atoms with E-state index in [1.165, 1.54) is 24.9 Å². The number of amides is 1. The van der Waals surface area contributed by atoms with Gasteiger partial charge < -0.3 is 9.80 Å². The SMILES string of the molecule is O=C(c1cn[nH]c1-c1ccccc1)N1CC[C@]2(CCCN(CCc3ccccc3)C2)C1. The molecule has 0 radical (unpaired) electrons. The third kappa shape index (κ3) is 4.28. The zero-order valence-corrected chi connectivity index (χ0v) is 18.0. The fourth-order valence-electron chi connectivity index (χ4n) is 5.32. The number of hydrogen-bond donors (Lipinski definition) is 1. The van der Waals surface area contributed by atoms with Crippen LogP contribution in [0.5, 0.6) is 0 Å². The average Bonchev–Trinajstić information content (AvgIpc) is 3.47. The van der Waals surface area contributed by atoms with E-state index in [2.05, 4.69) is 50.3 Å². The number of nitrogens with one attached hydrogen (secondary N) is 1. The fraction of sp³-hybridized carbons (Fsp3) is 0.385. The number of aromatic amines is 1. The summed E-state index contributed by atoms with van der Waals surface area (Å²) in [6.45, 7) is 5.06. The Balaban J connectivity index is 1.24. The molecule has 2 aromatic carbocycles. The average molecular weight is 415 g/mol. The molecule has 0 saturated carbocycles. The van der Waals surface area contributed by atoms with Crippen molar-refractivity contribution >= 4 is 5.91 Å². The van der Waals surface area contributed by atoms with Crippen molar-refractivity contribution in [3.05, 3.63) is 78.0 Å². The van der Waals surface area contributed by atoms with E-state index >= 15 is 0 Å². The van der Waals surface area contributed by atoms with E-state index in [-0.39, 0.29) is 11.3 Å². The molecule has 2 aliphatic heterocycles. The maximum Gasteiger partial charge on any atom is 0.257 e. The molecule has 160 valence electrons. The predicted octanol–water partition coefficient (Wildman–Crippen LogP) is 4.25. The van der Waals surface area contributed by atoms with E-state index in [0.29, 0.717) is 5.56 Å². The minimum Gasteiger partial charge on any atom is -0.338 e. The van der Waals surface area contributed by atoms with Crippen LogP contribution in [0.3, 0.4) is 0 Å². The Morgan fingerprint density at radius 3 is 2.55 bits per heavy atom. The lowest BCUT2D eigenvalue weighted by Gasteiger charge is -2.40. The maximum absolute atomic E-state index is 13.4. The fourth-order valence-corrected chi connectivity index (χ4v) is 5.32. The molecule has 3 heterocycles. The molecule has 2 fully saturated rings. The van der Waals surface area contributed by atoms with Crippen molar-refractivity contribution in [1.29, 1.82) is 0 Å². The molecule has 5 heteroatoms. The predicted molar refractivity (Wildman–Crippen MR) is 123 cm³/mol. The van der Waals surface area contributed by atoms with E-state index < -0.39 is 0 Å². The van der Waals surface area contributed by atoms with Crippen LogP contribution < -0.4 is 0 Å². The van der Waals surface area contributed by atoms with Gasteiger partial charge in [0.1, 0.15) is 0 Å². The first-order valence-corrected chi connectivity index (χ1v) is 11.4. The van der Waals surface area contributed by atoms with Crippen LogP contribution in [0.1, 0.15) is 35.2 Å². The van der Waals surface area contributed by atoms with Gasteiger partial charge in [-0.15, -0.1) is 0 Å². The van der Waals surface area contributed by atoms with Crippen LogP contribution in [0.25, 0.3) is 11.3 Å². The van der Waals surface area contributed by atoms with Crippen LogP contribution in [-0.2, 0) is 6.42 Å². The highest BCUT2D eigenvalue weighted by Crippen LogP contribution is 2.40. The van der Waals surface area contributed by atoms with Gasteiger partial charge in [0.05, 0.1) is 17.5 Å². The van der Waals surface area contributed by atoms with E-state index in [1.807, 2.05) is 30.3 Å². The monoisotopic (exact) mass is 414 g/mol. The van der Waals surface area contributed by atoms with Gasteiger partial charge in [0.25, 0.3) is 5.91 Å². The number of nitrogens with zero attached hydrogens (tertiary/aromatic N) is 3. The van der Waals surface area contributed by atoms with Gasteiger partial charge in [0, 0.05) is 37.2 Å². The molecule has 3 aromatic rings. The first-order chi connectivity index (χ1) is 15.2. The number of hydrogen-bond acceptors (Lipinski definition) is 3. The number of rotatable bonds is 5. The largest absolute Gasteiger partial charge is 0.338 e. The molecule has 1 atom stereocenters. The first kappa shape index (κ1) is 20.0. The number of aromatic nitrogens is 2. The van der Waals surface area contributed by atoms with Crippen molar-refractivity contribution in [2.45, 2.75) is 25.7 Å². The number of piperidine rings is 1. The van der Waals surface area contributed by atoms with E-state index in [1.54, 1.807) is 6.20 Å². The Hall–Kier alpha value is -2.92. The molecule has 0 unspecified atom stereocenters. The maximum atomic E-state index is 13.4. The van der Waals surface area contributed by atoms with Crippen molar-refractivity contribution in [3.8, 4) is 11.3 Å². The molecular formula is C26H30N4O. The number of benzene rings is 2. The summed E-state index contributed by atoms with van der Waals surface area (Å²) in [5.41, 5.74) is 4.14. The summed E-state index contributed by atoms with van der Waals surface area (Å²) >= 11 is 0. The Morgan fingerprint density at radius 2 is 1.74 bits per heavy atom. The van der Waals surface area contributed by atoms with Crippen molar-refractivity contribution in [2.75, 3.05) is 32.7 Å². The van der Waals surface area contributed by atoms with Crippen LogP contribution in [0.15, 0.2) is 66.9 Å². The van der Waals surface area contributed by atoms with Crippen molar-refractivity contribution < 1.29 is 4.79 Å². The van der Waals surface area contributed by atoms with Gasteiger partial charge in [-0.05, 0) is 37.8 Å². The Morgan fingerprint density at radius 1 is 0.968 bits per heavy atom. The normalized spacial score (nSPS) is 21.6. The quantitative estimate of drug-likeness (QED) is 0.679. The Labute approximate surface area is 184 Å². The topological polar surface area (TPSA) is 52.2 Å². The lowest BCUT2D eigenvalue weighted by atomic mass is 9.79. The molecule has 1 aromatic heterocycles. The highest BCUT2D eigenvalue weighted by Gasteiger charge is 2.43. The van der Waals surface area contributed by atoms with Crippen LogP contribution in [0.4, 0.5) is 0 Å². The van der Waals surface area contributed by atoms with Crippen LogP contribution >= 0.6 is 0 Å². The van der Waals surface area contributed by atoms with Crippen LogP contribution in [0, 0.1) is 5.41 Å². The summed E-state index contributed by atoms with van der Waals surface area (Å²) in [4.78, 5) is 18.0. The zero-order chi connectivity index (χ0) is 21.1. The highest BCUT2D eigenvalue weighted by atomic mass is 16.2. The summed E-state index contributed by atoms with van der Waals surface area (Å²) in [5.74, 6) is 0.103. The van der Waals surface area contributed by atoms with Gasteiger partial charge in [-0.1, -0.05) is 60.7 Å². The second-order valence-corrected chi connectivity index (χ2v) is 9.12. The van der Waals surface area contributed by atoms with Crippen LogP contribution in [-0.4, -0.2) is 58.6 Å². The number of likely N-dealkylation sites (tertiary alicyclic amines) is 2. The second-order valence-electron chi connectivity index (χ2n) is 9.12. The first-order valence-electron chi connectivity index (χ1n) is 11.4. The van der Waals surface area contributed by atoms with Gasteiger partial charge in [-0.25, -0.2) is 0 Å². The van der Waals surface area contributed by atoms with Crippen molar-refractivity contribution in [3.63, 3.8) is 0 Å². The third-order valence-corrected chi connectivity index (χ3v) is 6.96. The standard InChI is InChI=1S/C26H30N4O/c31-25(23-18-27-28-24(23)22-10-5-2-6-11-22)30-17-14-26(20-30)13-7-15-29(19-26)16-12-21-8-3-1-4-9-21/h1-6,8-11,18H,7,12-17,19-20H2,(H,27,28)/t26-/m0/s1. The zero-order valence-electron chi connectivity index (χ0n) is 18.0. The molecule has 5 nitrogen and oxygen atoms in total.